The maximum atomic E-state index is 2.33. The van der Waals surface area contributed by atoms with E-state index in [2.05, 4.69) is 44.3 Å². The average Bonchev–Trinajstić information content (AvgIpc) is 1.59. The van der Waals surface area contributed by atoms with E-state index in [1.54, 1.807) is 0 Å². The first kappa shape index (κ1) is 7.80. The Bertz CT molecular complexity index is 67.9. The maximum absolute atomic E-state index is 2.33. The largest absolute Gasteiger partial charge is 0.145 e. The normalized spacial score (nSPS) is 45.0. The zero-order valence-corrected chi connectivity index (χ0v) is 7.89. The van der Waals surface area contributed by atoms with Gasteiger partial charge in [-0.3, -0.25) is 0 Å². The van der Waals surface area contributed by atoms with E-state index < -0.39 is 0 Å². The van der Waals surface area contributed by atoms with Crippen LogP contribution in [0.25, 0.3) is 0 Å². The van der Waals surface area contributed by atoms with Crippen LogP contribution in [0.3, 0.4) is 0 Å². The highest BCUT2D eigenvalue weighted by molar-refractivity contribution is 8.18. The van der Waals surface area contributed by atoms with Crippen LogP contribution in [0.2, 0.25) is 0 Å². The molecule has 0 aromatic carbocycles. The summed E-state index contributed by atoms with van der Waals surface area (Å²) in [5.41, 5.74) is 0. The molecule has 9 heavy (non-hydrogen) atoms. The van der Waals surface area contributed by atoms with Crippen LogP contribution in [-0.2, 0) is 0 Å². The van der Waals surface area contributed by atoms with Gasteiger partial charge in [0.15, 0.2) is 0 Å². The van der Waals surface area contributed by atoms with Crippen LogP contribution in [-0.4, -0.2) is 15.1 Å². The second-order valence-electron chi connectivity index (χ2n) is 2.70. The predicted octanol–water partition coefficient (Wildman–Crippen LogP) is 2.98. The third kappa shape index (κ3) is 2.42. The molecule has 0 N–H and O–H groups in total. The lowest BCUT2D eigenvalue weighted by molar-refractivity contribution is 0.792. The molecule has 0 saturated carbocycles. The molecule has 0 amide bonds. The van der Waals surface area contributed by atoms with E-state index in [-0.39, 0.29) is 0 Å². The summed E-state index contributed by atoms with van der Waals surface area (Å²) in [6, 6.07) is 0. The van der Waals surface area contributed by atoms with Crippen LogP contribution in [0.15, 0.2) is 0 Å². The molecule has 1 aliphatic heterocycles. The van der Waals surface area contributed by atoms with E-state index >= 15 is 0 Å². The number of hydrogen-bond acceptors (Lipinski definition) is 2. The summed E-state index contributed by atoms with van der Waals surface area (Å²) in [5.74, 6) is 0. The minimum atomic E-state index is 0.823. The van der Waals surface area contributed by atoms with E-state index in [4.69, 9.17) is 0 Å². The topological polar surface area (TPSA) is 0 Å². The van der Waals surface area contributed by atoms with Gasteiger partial charge in [-0.2, -0.15) is 0 Å². The van der Waals surface area contributed by atoms with Crippen molar-refractivity contribution in [1.82, 2.24) is 0 Å². The fourth-order valence-corrected chi connectivity index (χ4v) is 4.89. The van der Waals surface area contributed by atoms with Gasteiger partial charge in [0.2, 0.25) is 0 Å². The van der Waals surface area contributed by atoms with Gasteiger partial charge in [0.1, 0.15) is 0 Å². The molecule has 1 unspecified atom stereocenters. The highest BCUT2D eigenvalue weighted by Gasteiger charge is 2.20. The van der Waals surface area contributed by atoms with Crippen LogP contribution < -0.4 is 0 Å². The fraction of sp³-hybridized carbons (Fsp3) is 1.00. The van der Waals surface area contributed by atoms with Crippen molar-refractivity contribution in [3.05, 3.63) is 0 Å². The first-order valence-corrected chi connectivity index (χ1v) is 5.38. The molecule has 0 spiro atoms. The SMILES string of the molecule is CC1S[C@H](C)C[C@H](C)S1. The third-order valence-corrected chi connectivity index (χ3v) is 4.26. The first-order valence-electron chi connectivity index (χ1n) is 3.49. The molecule has 1 fully saturated rings. The Kier molecular flexibility index (Phi) is 2.77. The van der Waals surface area contributed by atoms with Crippen LogP contribution in [0.4, 0.5) is 0 Å². The van der Waals surface area contributed by atoms with Crippen molar-refractivity contribution < 1.29 is 0 Å². The molecule has 0 aliphatic carbocycles. The summed E-state index contributed by atoms with van der Waals surface area (Å²) in [5, 5.41) is 1.77. The van der Waals surface area contributed by atoms with Crippen LogP contribution in [0.1, 0.15) is 27.2 Å². The summed E-state index contributed by atoms with van der Waals surface area (Å²) in [7, 11) is 0. The van der Waals surface area contributed by atoms with Crippen molar-refractivity contribution >= 4 is 23.5 Å². The first-order chi connectivity index (χ1) is 4.18. The van der Waals surface area contributed by atoms with E-state index in [0.29, 0.717) is 0 Å². The van der Waals surface area contributed by atoms with Gasteiger partial charge in [0.05, 0.1) is 0 Å². The lowest BCUT2D eigenvalue weighted by Gasteiger charge is -2.27. The summed E-state index contributed by atoms with van der Waals surface area (Å²) >= 11 is 4.22. The minimum absolute atomic E-state index is 0.823. The summed E-state index contributed by atoms with van der Waals surface area (Å²) in [6.07, 6.45) is 1.39. The van der Waals surface area contributed by atoms with Gasteiger partial charge in [0.25, 0.3) is 0 Å². The second kappa shape index (κ2) is 3.20. The van der Waals surface area contributed by atoms with Crippen molar-refractivity contribution in [2.75, 3.05) is 0 Å². The number of thioether (sulfide) groups is 2. The molecule has 0 radical (unpaired) electrons. The molecule has 0 aromatic heterocycles. The van der Waals surface area contributed by atoms with Crippen LogP contribution >= 0.6 is 23.5 Å². The van der Waals surface area contributed by atoms with Crippen molar-refractivity contribution in [2.45, 2.75) is 42.3 Å². The Morgan fingerprint density at radius 2 is 1.44 bits per heavy atom. The zero-order chi connectivity index (χ0) is 6.85. The van der Waals surface area contributed by atoms with Crippen molar-refractivity contribution in [1.29, 1.82) is 0 Å². The molecule has 1 heterocycles. The Hall–Kier alpha value is 0.700. The molecule has 0 nitrogen and oxygen atoms in total. The van der Waals surface area contributed by atoms with Gasteiger partial charge in [-0.15, -0.1) is 23.5 Å². The van der Waals surface area contributed by atoms with Gasteiger partial charge >= 0.3 is 0 Å². The molecular formula is C7H14S2. The third-order valence-electron chi connectivity index (χ3n) is 1.51. The van der Waals surface area contributed by atoms with E-state index in [1.807, 2.05) is 0 Å². The van der Waals surface area contributed by atoms with Crippen LogP contribution in [0, 0.1) is 0 Å². The average molecular weight is 162 g/mol. The molecule has 2 heteroatoms. The highest BCUT2D eigenvalue weighted by Crippen LogP contribution is 2.39. The number of hydrogen-bond donors (Lipinski definition) is 0. The second-order valence-corrected chi connectivity index (χ2v) is 6.56. The van der Waals surface area contributed by atoms with Crippen molar-refractivity contribution in [3.8, 4) is 0 Å². The van der Waals surface area contributed by atoms with Crippen LogP contribution in [0.5, 0.6) is 0 Å². The molecule has 1 rings (SSSR count). The van der Waals surface area contributed by atoms with E-state index in [1.165, 1.54) is 6.42 Å². The highest BCUT2D eigenvalue weighted by atomic mass is 32.2. The summed E-state index contributed by atoms with van der Waals surface area (Å²) in [4.78, 5) is 0. The molecule has 0 aromatic rings. The van der Waals surface area contributed by atoms with Gasteiger partial charge in [-0.1, -0.05) is 13.8 Å². The maximum Gasteiger partial charge on any atom is 0.0479 e. The minimum Gasteiger partial charge on any atom is -0.145 e. The van der Waals surface area contributed by atoms with Crippen molar-refractivity contribution in [3.63, 3.8) is 0 Å². The lowest BCUT2D eigenvalue weighted by atomic mass is 10.3. The Morgan fingerprint density at radius 3 is 1.78 bits per heavy atom. The lowest BCUT2D eigenvalue weighted by Crippen LogP contribution is -2.17. The van der Waals surface area contributed by atoms with E-state index in [9.17, 15) is 0 Å². The molecule has 0 bridgehead atoms. The molecule has 1 aliphatic rings. The predicted molar refractivity (Wildman–Crippen MR) is 48.2 cm³/mol. The Morgan fingerprint density at radius 1 is 1.00 bits per heavy atom. The molecule has 1 saturated heterocycles. The molecule has 54 valence electrons. The number of rotatable bonds is 0. The standard InChI is InChI=1S/C7H14S2/c1-5-4-6(2)9-7(3)8-5/h5-7H,4H2,1-3H3/t5-,6+,7?. The fourth-order valence-electron chi connectivity index (χ4n) is 1.26. The van der Waals surface area contributed by atoms with Gasteiger partial charge in [-0.25, -0.2) is 0 Å². The Balaban J connectivity index is 2.34. The summed E-state index contributed by atoms with van der Waals surface area (Å²) < 4.78 is 0.823. The smallest absolute Gasteiger partial charge is 0.0479 e. The van der Waals surface area contributed by atoms with Gasteiger partial charge < -0.3 is 0 Å². The van der Waals surface area contributed by atoms with Gasteiger partial charge in [0, 0.05) is 15.1 Å². The quantitative estimate of drug-likeness (QED) is 0.537. The monoisotopic (exact) mass is 162 g/mol. The van der Waals surface area contributed by atoms with Crippen molar-refractivity contribution in [2.24, 2.45) is 0 Å². The Labute approximate surface area is 66.2 Å². The van der Waals surface area contributed by atoms with Gasteiger partial charge in [-0.05, 0) is 13.3 Å². The van der Waals surface area contributed by atoms with E-state index in [0.717, 1.165) is 15.1 Å². The molecular weight excluding hydrogens is 148 g/mol. The zero-order valence-electron chi connectivity index (χ0n) is 6.26. The summed E-state index contributed by atoms with van der Waals surface area (Å²) in [6.45, 7) is 6.97. The molecule has 3 atom stereocenters.